The zero-order chi connectivity index (χ0) is 17.2. The zero-order valence-corrected chi connectivity index (χ0v) is 14.8. The van der Waals surface area contributed by atoms with Gasteiger partial charge >= 0.3 is 0 Å². The zero-order valence-electron chi connectivity index (χ0n) is 14.8. The third-order valence-electron chi connectivity index (χ3n) is 5.55. The topological polar surface area (TPSA) is 54.9 Å². The van der Waals surface area contributed by atoms with Gasteiger partial charge in [0.05, 0.1) is 0 Å². The summed E-state index contributed by atoms with van der Waals surface area (Å²) in [5, 5.41) is 3.06. The van der Waals surface area contributed by atoms with Gasteiger partial charge in [-0.25, -0.2) is 9.97 Å². The molecule has 1 atom stereocenters. The maximum absolute atomic E-state index is 12.3. The number of carbonyl (C=O) groups is 1. The number of nitrogens with one attached hydrogen (secondary N) is 1. The minimum Gasteiger partial charge on any atom is -0.356 e. The van der Waals surface area contributed by atoms with Gasteiger partial charge in [0.25, 0.3) is 0 Å². The van der Waals surface area contributed by atoms with Gasteiger partial charge in [-0.05, 0) is 61.6 Å². The van der Waals surface area contributed by atoms with Crippen molar-refractivity contribution in [3.05, 3.63) is 58.2 Å². The normalized spacial score (nSPS) is 18.0. The lowest BCUT2D eigenvalue weighted by Crippen LogP contribution is -2.27. The number of amides is 1. The van der Waals surface area contributed by atoms with Crippen molar-refractivity contribution in [1.29, 1.82) is 0 Å². The van der Waals surface area contributed by atoms with Crippen molar-refractivity contribution < 1.29 is 4.79 Å². The van der Waals surface area contributed by atoms with Gasteiger partial charge in [-0.3, -0.25) is 4.79 Å². The van der Waals surface area contributed by atoms with E-state index in [4.69, 9.17) is 0 Å². The molecule has 2 aromatic rings. The van der Waals surface area contributed by atoms with Crippen LogP contribution in [0, 0.1) is 6.92 Å². The van der Waals surface area contributed by atoms with Gasteiger partial charge in [0.15, 0.2) is 0 Å². The van der Waals surface area contributed by atoms with Crippen molar-refractivity contribution in [3.63, 3.8) is 0 Å². The van der Waals surface area contributed by atoms with Crippen molar-refractivity contribution in [2.75, 3.05) is 6.54 Å². The summed E-state index contributed by atoms with van der Waals surface area (Å²) in [6, 6.07) is 8.50. The summed E-state index contributed by atoms with van der Waals surface area (Å²) in [5.41, 5.74) is 6.44. The Balaban J connectivity index is 1.29. The summed E-state index contributed by atoms with van der Waals surface area (Å²) < 4.78 is 0. The second-order valence-electron chi connectivity index (χ2n) is 7.24. The molecule has 0 spiro atoms. The molecule has 1 aromatic heterocycles. The van der Waals surface area contributed by atoms with E-state index in [0.717, 1.165) is 37.2 Å². The monoisotopic (exact) mass is 335 g/mol. The van der Waals surface area contributed by atoms with Gasteiger partial charge in [-0.15, -0.1) is 0 Å². The average molecular weight is 335 g/mol. The molecule has 0 radical (unpaired) electrons. The van der Waals surface area contributed by atoms with Crippen LogP contribution in [-0.2, 0) is 30.5 Å². The van der Waals surface area contributed by atoms with Gasteiger partial charge in [-0.1, -0.05) is 24.3 Å². The predicted molar refractivity (Wildman–Crippen MR) is 97.6 cm³/mol. The number of fused-ring (bicyclic) bond motifs is 2. The number of hydrogen-bond donors (Lipinski definition) is 1. The van der Waals surface area contributed by atoms with Crippen LogP contribution in [0.3, 0.4) is 0 Å². The first-order chi connectivity index (χ1) is 12.2. The highest BCUT2D eigenvalue weighted by molar-refractivity contribution is 5.77. The second-order valence-corrected chi connectivity index (χ2v) is 7.24. The van der Waals surface area contributed by atoms with Gasteiger partial charge < -0.3 is 5.32 Å². The number of rotatable bonds is 5. The molecule has 0 aliphatic heterocycles. The van der Waals surface area contributed by atoms with Gasteiger partial charge in [0, 0.05) is 30.8 Å². The molecule has 4 nitrogen and oxygen atoms in total. The highest BCUT2D eigenvalue weighted by atomic mass is 16.1. The molecule has 1 heterocycles. The second kappa shape index (κ2) is 6.95. The summed E-state index contributed by atoms with van der Waals surface area (Å²) in [5.74, 6) is 1.37. The van der Waals surface area contributed by atoms with Crippen molar-refractivity contribution in [2.24, 2.45) is 0 Å². The van der Waals surface area contributed by atoms with E-state index in [9.17, 15) is 4.79 Å². The van der Waals surface area contributed by atoms with Crippen LogP contribution < -0.4 is 5.32 Å². The van der Waals surface area contributed by atoms with E-state index < -0.39 is 0 Å². The van der Waals surface area contributed by atoms with E-state index >= 15 is 0 Å². The highest BCUT2D eigenvalue weighted by Crippen LogP contribution is 2.35. The maximum Gasteiger partial charge on any atom is 0.220 e. The fourth-order valence-corrected chi connectivity index (χ4v) is 4.26. The van der Waals surface area contributed by atoms with E-state index in [1.807, 2.05) is 0 Å². The van der Waals surface area contributed by atoms with Crippen molar-refractivity contribution in [2.45, 2.75) is 57.8 Å². The molecule has 4 rings (SSSR count). The molecule has 1 amide bonds. The summed E-state index contributed by atoms with van der Waals surface area (Å²) in [7, 11) is 0. The molecule has 0 saturated carbocycles. The first-order valence-corrected chi connectivity index (χ1v) is 9.40. The molecule has 1 N–H and O–H groups in total. The van der Waals surface area contributed by atoms with E-state index in [0.29, 0.717) is 25.3 Å². The van der Waals surface area contributed by atoms with Crippen LogP contribution in [0.2, 0.25) is 0 Å². The van der Waals surface area contributed by atoms with Crippen LogP contribution in [0.1, 0.15) is 59.1 Å². The molecule has 2 aliphatic rings. The van der Waals surface area contributed by atoms with E-state index in [2.05, 4.69) is 46.5 Å². The van der Waals surface area contributed by atoms with Gasteiger partial charge in [0.1, 0.15) is 5.82 Å². The first-order valence-electron chi connectivity index (χ1n) is 9.40. The Bertz CT molecular complexity index is 800. The molecular formula is C21H25N3O. The number of benzene rings is 1. The molecule has 130 valence electrons. The fourth-order valence-electron chi connectivity index (χ4n) is 4.26. The smallest absolute Gasteiger partial charge is 0.220 e. The van der Waals surface area contributed by atoms with E-state index in [1.54, 1.807) is 0 Å². The Morgan fingerprint density at radius 3 is 3.00 bits per heavy atom. The lowest BCUT2D eigenvalue weighted by atomic mass is 9.97. The van der Waals surface area contributed by atoms with Crippen LogP contribution in [-0.4, -0.2) is 22.4 Å². The van der Waals surface area contributed by atoms with E-state index in [-0.39, 0.29) is 5.91 Å². The van der Waals surface area contributed by atoms with E-state index in [1.165, 1.54) is 28.8 Å². The Morgan fingerprint density at radius 2 is 2.08 bits per heavy atom. The first kappa shape index (κ1) is 16.2. The van der Waals surface area contributed by atoms with Crippen molar-refractivity contribution in [1.82, 2.24) is 15.3 Å². The lowest BCUT2D eigenvalue weighted by Gasteiger charge is -2.12. The Hall–Kier alpha value is -2.23. The predicted octanol–water partition coefficient (Wildman–Crippen LogP) is 3.05. The molecular weight excluding hydrogens is 310 g/mol. The number of nitrogens with zero attached hydrogens (tertiary/aromatic N) is 2. The standard InChI is InChI=1S/C21H25N3O/c1-14-17-7-4-8-19(17)24-20(23-14)11-12-22-21(25)13-16-10-9-15-5-2-3-6-18(15)16/h2-3,5-6,16H,4,7-13H2,1H3,(H,22,25)/t16-/m1/s1. The van der Waals surface area contributed by atoms with Crippen LogP contribution >= 0.6 is 0 Å². The SMILES string of the molecule is Cc1nc(CCNC(=O)C[C@H]2CCc3ccccc32)nc2c1CCC2. The molecule has 0 saturated heterocycles. The fraction of sp³-hybridized carbons (Fsp3) is 0.476. The average Bonchev–Trinajstić information content (AvgIpc) is 3.23. The van der Waals surface area contributed by atoms with Gasteiger partial charge in [-0.2, -0.15) is 0 Å². The van der Waals surface area contributed by atoms with Crippen LogP contribution in [0.15, 0.2) is 24.3 Å². The Morgan fingerprint density at radius 1 is 1.20 bits per heavy atom. The minimum absolute atomic E-state index is 0.139. The Labute approximate surface area is 149 Å². The highest BCUT2D eigenvalue weighted by Gasteiger charge is 2.24. The summed E-state index contributed by atoms with van der Waals surface area (Å²) >= 11 is 0. The summed E-state index contributed by atoms with van der Waals surface area (Å²) in [4.78, 5) is 21.6. The Kier molecular flexibility index (Phi) is 4.51. The molecule has 0 fully saturated rings. The minimum atomic E-state index is 0.139. The molecule has 4 heteroatoms. The molecule has 1 aromatic carbocycles. The summed E-state index contributed by atoms with van der Waals surface area (Å²) in [6.07, 6.45) is 6.84. The molecule has 0 bridgehead atoms. The third-order valence-corrected chi connectivity index (χ3v) is 5.55. The summed E-state index contributed by atoms with van der Waals surface area (Å²) in [6.45, 7) is 2.69. The number of carbonyl (C=O) groups excluding carboxylic acids is 1. The van der Waals surface area contributed by atoms with Crippen molar-refractivity contribution in [3.8, 4) is 0 Å². The molecule has 0 unspecified atom stereocenters. The number of hydrogen-bond acceptors (Lipinski definition) is 3. The molecule has 25 heavy (non-hydrogen) atoms. The third kappa shape index (κ3) is 3.44. The van der Waals surface area contributed by atoms with Gasteiger partial charge in [0.2, 0.25) is 5.91 Å². The van der Waals surface area contributed by atoms with Crippen LogP contribution in [0.25, 0.3) is 0 Å². The number of aromatic nitrogens is 2. The largest absolute Gasteiger partial charge is 0.356 e. The van der Waals surface area contributed by atoms with Crippen molar-refractivity contribution >= 4 is 5.91 Å². The van der Waals surface area contributed by atoms with Crippen LogP contribution in [0.4, 0.5) is 0 Å². The van der Waals surface area contributed by atoms with Crippen LogP contribution in [0.5, 0.6) is 0 Å². The lowest BCUT2D eigenvalue weighted by molar-refractivity contribution is -0.121. The molecule has 2 aliphatic carbocycles. The quantitative estimate of drug-likeness (QED) is 0.914. The number of aryl methyl sites for hydroxylation is 3. The maximum atomic E-state index is 12.3.